The molecule has 0 aromatic heterocycles. The molecule has 0 N–H and O–H groups in total. The summed E-state index contributed by atoms with van der Waals surface area (Å²) in [6, 6.07) is 0. The Labute approximate surface area is 165 Å². The van der Waals surface area contributed by atoms with Gasteiger partial charge in [0.2, 0.25) is 0 Å². The van der Waals surface area contributed by atoms with Gasteiger partial charge in [-0.1, -0.05) is 66.0 Å². The largest absolute Gasteiger partial charge is 0.365 e. The van der Waals surface area contributed by atoms with Crippen LogP contribution in [-0.4, -0.2) is 52.6 Å². The van der Waals surface area contributed by atoms with Crippen LogP contribution in [0.5, 0.6) is 0 Å². The summed E-state index contributed by atoms with van der Waals surface area (Å²) in [5, 5.41) is -1.02. The Morgan fingerprint density at radius 1 is 1.36 bits per heavy atom. The van der Waals surface area contributed by atoms with Crippen LogP contribution in [0.1, 0.15) is 40.5 Å². The Balaban J connectivity index is 2.74. The highest BCUT2D eigenvalue weighted by molar-refractivity contribution is 9.11. The van der Waals surface area contributed by atoms with Crippen LogP contribution in [0.4, 0.5) is 0 Å². The zero-order valence-corrected chi connectivity index (χ0v) is 18.9. The maximum Gasteiger partial charge on any atom is 0.263 e. The van der Waals surface area contributed by atoms with E-state index in [0.717, 1.165) is 4.90 Å². The number of halogens is 2. The normalized spacial score (nSPS) is 31.6. The van der Waals surface area contributed by atoms with Crippen molar-refractivity contribution in [2.24, 2.45) is 5.41 Å². The number of carbonyl (C=O) groups is 2. The fraction of sp³-hybridized carbons (Fsp3) is 0.750. The van der Waals surface area contributed by atoms with Crippen molar-refractivity contribution in [1.29, 1.82) is 0 Å². The molecule has 2 rings (SSSR count). The molecule has 9 heteroatoms. The van der Waals surface area contributed by atoms with E-state index in [0.29, 0.717) is 12.0 Å². The number of Topliss-reactive ketones (excluding diaryl/α,β-unsaturated/α-hetero) is 1. The van der Waals surface area contributed by atoms with E-state index < -0.39 is 36.3 Å². The maximum absolute atomic E-state index is 13.1. The molecule has 3 atom stereocenters. The first-order chi connectivity index (χ1) is 11.4. The number of nitrogens with zero attached hydrogens (tertiary/aromatic N) is 1. The SMILES string of the molecule is CCC[C@@]1(OC)C(=O)N2C(C(=O)C(C)(C)C)=C(CBr)C(Br)S(=O)(=O)[C@H]21. The number of ketones is 1. The summed E-state index contributed by atoms with van der Waals surface area (Å²) in [6.07, 6.45) is 0.868. The average Bonchev–Trinajstić information content (AvgIpc) is 2.52. The van der Waals surface area contributed by atoms with E-state index in [1.807, 2.05) is 6.92 Å². The minimum atomic E-state index is -3.79. The number of β-lactam (4-membered cyclic amide) rings is 1. The molecule has 2 heterocycles. The van der Waals surface area contributed by atoms with Gasteiger partial charge in [-0.2, -0.15) is 0 Å². The van der Waals surface area contributed by atoms with Crippen molar-refractivity contribution < 1.29 is 22.7 Å². The van der Waals surface area contributed by atoms with Gasteiger partial charge in [0.1, 0.15) is 4.16 Å². The van der Waals surface area contributed by atoms with Crippen LogP contribution in [0, 0.1) is 5.41 Å². The molecule has 0 bridgehead atoms. The number of allylic oxidation sites excluding steroid dienone is 1. The Morgan fingerprint density at radius 3 is 2.32 bits per heavy atom. The molecular formula is C16H23Br2NO5S. The zero-order chi connectivity index (χ0) is 19.4. The smallest absolute Gasteiger partial charge is 0.263 e. The van der Waals surface area contributed by atoms with E-state index in [9.17, 15) is 18.0 Å². The van der Waals surface area contributed by atoms with Crippen molar-refractivity contribution in [2.75, 3.05) is 12.4 Å². The Hall–Kier alpha value is -0.250. The highest BCUT2D eigenvalue weighted by Gasteiger charge is 2.71. The first kappa shape index (κ1) is 21.1. The number of amides is 1. The molecule has 6 nitrogen and oxygen atoms in total. The number of ether oxygens (including phenoxy) is 1. The van der Waals surface area contributed by atoms with Gasteiger partial charge in [-0.05, 0) is 12.0 Å². The first-order valence-electron chi connectivity index (χ1n) is 8.01. The number of carbonyl (C=O) groups excluding carboxylic acids is 2. The van der Waals surface area contributed by atoms with Gasteiger partial charge in [0.15, 0.2) is 26.6 Å². The predicted molar refractivity (Wildman–Crippen MR) is 102 cm³/mol. The molecule has 0 spiro atoms. The summed E-state index contributed by atoms with van der Waals surface area (Å²) in [6.45, 7) is 7.10. The molecule has 0 radical (unpaired) electrons. The van der Waals surface area contributed by atoms with E-state index in [-0.39, 0.29) is 23.2 Å². The van der Waals surface area contributed by atoms with E-state index in [2.05, 4.69) is 31.9 Å². The number of methoxy groups -OCH3 is 1. The van der Waals surface area contributed by atoms with E-state index >= 15 is 0 Å². The molecule has 1 unspecified atom stereocenters. The molecule has 1 amide bonds. The lowest BCUT2D eigenvalue weighted by molar-refractivity contribution is -0.185. The molecular weight excluding hydrogens is 478 g/mol. The van der Waals surface area contributed by atoms with Gasteiger partial charge in [-0.15, -0.1) is 0 Å². The van der Waals surface area contributed by atoms with Gasteiger partial charge >= 0.3 is 0 Å². The van der Waals surface area contributed by atoms with Crippen LogP contribution in [-0.2, 0) is 24.2 Å². The monoisotopic (exact) mass is 499 g/mol. The lowest BCUT2D eigenvalue weighted by Crippen LogP contribution is -2.79. The summed E-state index contributed by atoms with van der Waals surface area (Å²) in [5.74, 6) is -0.725. The lowest BCUT2D eigenvalue weighted by Gasteiger charge is -2.57. The topological polar surface area (TPSA) is 80.8 Å². The number of fused-ring (bicyclic) bond motifs is 1. The number of alkyl halides is 2. The van der Waals surface area contributed by atoms with Crippen molar-refractivity contribution in [1.82, 2.24) is 4.90 Å². The van der Waals surface area contributed by atoms with Crippen LogP contribution < -0.4 is 0 Å². The number of sulfone groups is 1. The summed E-state index contributed by atoms with van der Waals surface area (Å²) in [5.41, 5.74) is -1.66. The summed E-state index contributed by atoms with van der Waals surface area (Å²) >= 11 is 6.52. The Morgan fingerprint density at radius 2 is 1.92 bits per heavy atom. The number of hydrogen-bond acceptors (Lipinski definition) is 5. The Bertz CT molecular complexity index is 740. The molecule has 1 fully saturated rings. The fourth-order valence-electron chi connectivity index (χ4n) is 3.39. The summed E-state index contributed by atoms with van der Waals surface area (Å²) in [4.78, 5) is 27.1. The third-order valence-corrected chi connectivity index (χ3v) is 9.45. The summed E-state index contributed by atoms with van der Waals surface area (Å²) < 4.78 is 30.5. The zero-order valence-electron chi connectivity index (χ0n) is 14.9. The third-order valence-electron chi connectivity index (χ3n) is 4.66. The molecule has 0 aliphatic carbocycles. The van der Waals surface area contributed by atoms with Crippen LogP contribution in [0.2, 0.25) is 0 Å². The molecule has 0 aromatic rings. The van der Waals surface area contributed by atoms with Crippen molar-refractivity contribution >= 4 is 53.4 Å². The fourth-order valence-corrected chi connectivity index (χ4v) is 7.78. The Kier molecular flexibility index (Phi) is 5.66. The first-order valence-corrected chi connectivity index (χ1v) is 11.7. The van der Waals surface area contributed by atoms with Crippen molar-refractivity contribution in [2.45, 2.75) is 55.7 Å². The third kappa shape index (κ3) is 2.85. The van der Waals surface area contributed by atoms with Crippen LogP contribution in [0.25, 0.3) is 0 Å². The molecule has 142 valence electrons. The van der Waals surface area contributed by atoms with Crippen LogP contribution in [0.3, 0.4) is 0 Å². The van der Waals surface area contributed by atoms with Gasteiger partial charge in [-0.3, -0.25) is 14.5 Å². The molecule has 2 aliphatic heterocycles. The quantitative estimate of drug-likeness (QED) is 0.428. The van der Waals surface area contributed by atoms with Crippen LogP contribution >= 0.6 is 31.9 Å². The standard InChI is InChI=1S/C16H23Br2NO5S/c1-6-7-16(24-5)13(21)19-10(11(20)15(2,3)4)9(8-17)12(18)25(22,23)14(16)19/h12,14H,6-8H2,1-5H3/t12?,14-,16+/m0/s1. The molecule has 25 heavy (non-hydrogen) atoms. The van der Waals surface area contributed by atoms with Crippen LogP contribution in [0.15, 0.2) is 11.3 Å². The second-order valence-corrected chi connectivity index (χ2v) is 11.5. The minimum absolute atomic E-state index is 0.167. The predicted octanol–water partition coefficient (Wildman–Crippen LogP) is 2.75. The van der Waals surface area contributed by atoms with Gasteiger partial charge in [-0.25, -0.2) is 8.42 Å². The van der Waals surface area contributed by atoms with Crippen molar-refractivity contribution in [3.63, 3.8) is 0 Å². The molecule has 0 aromatic carbocycles. The average molecular weight is 501 g/mol. The number of hydrogen-bond donors (Lipinski definition) is 0. The van der Waals surface area contributed by atoms with E-state index in [1.54, 1.807) is 20.8 Å². The van der Waals surface area contributed by atoms with Gasteiger partial charge in [0, 0.05) is 17.9 Å². The number of rotatable bonds is 5. The van der Waals surface area contributed by atoms with Gasteiger partial charge < -0.3 is 4.74 Å². The second-order valence-electron chi connectivity index (χ2n) is 7.36. The van der Waals surface area contributed by atoms with E-state index in [1.165, 1.54) is 7.11 Å². The highest BCUT2D eigenvalue weighted by atomic mass is 79.9. The minimum Gasteiger partial charge on any atom is -0.365 e. The second kappa shape index (κ2) is 6.73. The van der Waals surface area contributed by atoms with Crippen molar-refractivity contribution in [3.05, 3.63) is 11.3 Å². The van der Waals surface area contributed by atoms with Crippen molar-refractivity contribution in [3.8, 4) is 0 Å². The lowest BCUT2D eigenvalue weighted by atomic mass is 9.81. The summed E-state index contributed by atoms with van der Waals surface area (Å²) in [7, 11) is -2.45. The van der Waals surface area contributed by atoms with Gasteiger partial charge in [0.25, 0.3) is 5.91 Å². The maximum atomic E-state index is 13.1. The van der Waals surface area contributed by atoms with Gasteiger partial charge in [0.05, 0.1) is 5.70 Å². The highest BCUT2D eigenvalue weighted by Crippen LogP contribution is 2.51. The molecule has 1 saturated heterocycles. The molecule has 2 aliphatic rings. The molecule has 0 saturated carbocycles. The van der Waals surface area contributed by atoms with E-state index in [4.69, 9.17) is 4.74 Å².